The van der Waals surface area contributed by atoms with Gasteiger partial charge in [-0.1, -0.05) is 12.1 Å². The third-order valence-corrected chi connectivity index (χ3v) is 3.80. The van der Waals surface area contributed by atoms with E-state index in [1.165, 1.54) is 27.4 Å². The van der Waals surface area contributed by atoms with E-state index >= 15 is 0 Å². The number of methoxy groups -OCH3 is 3. The zero-order chi connectivity index (χ0) is 20.5. The Morgan fingerprint density at radius 3 is 2.25 bits per heavy atom. The molecule has 0 bridgehead atoms. The fourth-order valence-corrected chi connectivity index (χ4v) is 2.54. The van der Waals surface area contributed by atoms with E-state index in [2.05, 4.69) is 5.32 Å². The van der Waals surface area contributed by atoms with Crippen LogP contribution in [0.5, 0.6) is 23.0 Å². The van der Waals surface area contributed by atoms with E-state index in [9.17, 15) is 10.1 Å². The van der Waals surface area contributed by atoms with Crippen molar-refractivity contribution in [3.05, 3.63) is 47.5 Å². The van der Waals surface area contributed by atoms with Gasteiger partial charge in [-0.15, -0.1) is 0 Å². The molecule has 0 unspecified atom stereocenters. The van der Waals surface area contributed by atoms with Crippen molar-refractivity contribution in [2.45, 2.75) is 6.92 Å². The zero-order valence-corrected chi connectivity index (χ0v) is 16.2. The second-order valence-corrected chi connectivity index (χ2v) is 5.51. The lowest BCUT2D eigenvalue weighted by Gasteiger charge is -2.13. The first-order valence-corrected chi connectivity index (χ1v) is 8.52. The van der Waals surface area contributed by atoms with Gasteiger partial charge < -0.3 is 24.3 Å². The number of nitrogens with zero attached hydrogens (tertiary/aromatic N) is 1. The highest BCUT2D eigenvalue weighted by Gasteiger charge is 2.16. The fraction of sp³-hybridized carbons (Fsp3) is 0.238. The number of ether oxygens (including phenoxy) is 4. The lowest BCUT2D eigenvalue weighted by atomic mass is 10.1. The Bertz CT molecular complexity index is 890. The topological polar surface area (TPSA) is 89.8 Å². The van der Waals surface area contributed by atoms with Crippen LogP contribution < -0.4 is 24.3 Å². The quantitative estimate of drug-likeness (QED) is 0.554. The van der Waals surface area contributed by atoms with Crippen molar-refractivity contribution < 1.29 is 23.7 Å². The molecular weight excluding hydrogens is 360 g/mol. The number of benzene rings is 2. The van der Waals surface area contributed by atoms with E-state index in [0.29, 0.717) is 40.9 Å². The van der Waals surface area contributed by atoms with Crippen LogP contribution in [0.1, 0.15) is 12.5 Å². The van der Waals surface area contributed by atoms with Crippen LogP contribution in [0, 0.1) is 11.3 Å². The second kappa shape index (κ2) is 9.88. The molecule has 0 saturated carbocycles. The van der Waals surface area contributed by atoms with Gasteiger partial charge in [0.2, 0.25) is 5.75 Å². The predicted octanol–water partition coefficient (Wildman–Crippen LogP) is 3.66. The Labute approximate surface area is 164 Å². The maximum atomic E-state index is 12.6. The molecule has 0 aliphatic heterocycles. The Morgan fingerprint density at radius 2 is 1.71 bits per heavy atom. The van der Waals surface area contributed by atoms with Crippen molar-refractivity contribution in [2.24, 2.45) is 0 Å². The van der Waals surface area contributed by atoms with Crippen LogP contribution >= 0.6 is 0 Å². The van der Waals surface area contributed by atoms with Crippen molar-refractivity contribution in [1.29, 1.82) is 5.26 Å². The third kappa shape index (κ3) is 4.74. The summed E-state index contributed by atoms with van der Waals surface area (Å²) < 4.78 is 21.4. The number of rotatable bonds is 8. The molecule has 0 atom stereocenters. The molecule has 7 heteroatoms. The van der Waals surface area contributed by atoms with Crippen molar-refractivity contribution in [3.8, 4) is 29.1 Å². The van der Waals surface area contributed by atoms with Gasteiger partial charge >= 0.3 is 0 Å². The fourth-order valence-electron chi connectivity index (χ4n) is 2.54. The van der Waals surface area contributed by atoms with E-state index in [4.69, 9.17) is 18.9 Å². The molecule has 0 saturated heterocycles. The SMILES string of the molecule is CCOc1ccccc1NC(=O)/C(C#N)=C/c1cc(OC)c(OC)c(OC)c1. The molecular formula is C21H22N2O5. The summed E-state index contributed by atoms with van der Waals surface area (Å²) in [6, 6.07) is 12.3. The highest BCUT2D eigenvalue weighted by molar-refractivity contribution is 6.10. The molecule has 0 aromatic heterocycles. The van der Waals surface area contributed by atoms with Gasteiger partial charge in [0.25, 0.3) is 5.91 Å². The van der Waals surface area contributed by atoms with Crippen molar-refractivity contribution >= 4 is 17.7 Å². The molecule has 0 heterocycles. The first-order valence-electron chi connectivity index (χ1n) is 8.52. The molecule has 0 aliphatic carbocycles. The predicted molar refractivity (Wildman–Crippen MR) is 106 cm³/mol. The number of anilines is 1. The van der Waals surface area contributed by atoms with Crippen molar-refractivity contribution in [2.75, 3.05) is 33.3 Å². The average Bonchev–Trinajstić information content (AvgIpc) is 2.72. The third-order valence-electron chi connectivity index (χ3n) is 3.80. The van der Waals surface area contributed by atoms with Crippen LogP contribution in [-0.4, -0.2) is 33.8 Å². The first-order chi connectivity index (χ1) is 13.6. The monoisotopic (exact) mass is 382 g/mol. The van der Waals surface area contributed by atoms with Crippen LogP contribution in [0.4, 0.5) is 5.69 Å². The van der Waals surface area contributed by atoms with Crippen molar-refractivity contribution in [1.82, 2.24) is 0 Å². The maximum absolute atomic E-state index is 12.6. The highest BCUT2D eigenvalue weighted by atomic mass is 16.5. The Morgan fingerprint density at radius 1 is 1.07 bits per heavy atom. The zero-order valence-electron chi connectivity index (χ0n) is 16.2. The Balaban J connectivity index is 2.36. The molecule has 146 valence electrons. The standard InChI is InChI=1S/C21H22N2O5/c1-5-28-17-9-7-6-8-16(17)23-21(24)15(13-22)10-14-11-18(25-2)20(27-4)19(12-14)26-3/h6-12H,5H2,1-4H3,(H,23,24)/b15-10+. The number of hydrogen-bond donors (Lipinski definition) is 1. The van der Waals surface area contributed by atoms with E-state index in [1.54, 1.807) is 36.4 Å². The van der Waals surface area contributed by atoms with Gasteiger partial charge in [-0.25, -0.2) is 0 Å². The second-order valence-electron chi connectivity index (χ2n) is 5.51. The minimum absolute atomic E-state index is 0.0828. The lowest BCUT2D eigenvalue weighted by molar-refractivity contribution is -0.112. The minimum Gasteiger partial charge on any atom is -0.493 e. The molecule has 2 aromatic rings. The summed E-state index contributed by atoms with van der Waals surface area (Å²) in [5.74, 6) is 1.25. The molecule has 2 aromatic carbocycles. The number of nitrogens with one attached hydrogen (secondary N) is 1. The van der Waals surface area contributed by atoms with Crippen molar-refractivity contribution in [3.63, 3.8) is 0 Å². The van der Waals surface area contributed by atoms with Crippen LogP contribution in [0.2, 0.25) is 0 Å². The number of amides is 1. The molecule has 2 rings (SSSR count). The van der Waals surface area contributed by atoms with Gasteiger partial charge in [-0.05, 0) is 42.8 Å². The summed E-state index contributed by atoms with van der Waals surface area (Å²) in [5.41, 5.74) is 0.959. The summed E-state index contributed by atoms with van der Waals surface area (Å²) >= 11 is 0. The molecule has 7 nitrogen and oxygen atoms in total. The first kappa shape index (κ1) is 20.6. The van der Waals surface area contributed by atoms with Gasteiger partial charge in [0.1, 0.15) is 17.4 Å². The molecule has 1 amide bonds. The molecule has 28 heavy (non-hydrogen) atoms. The van der Waals surface area contributed by atoms with Gasteiger partial charge in [0.15, 0.2) is 11.5 Å². The van der Waals surface area contributed by atoms with E-state index < -0.39 is 5.91 Å². The Kier molecular flexibility index (Phi) is 7.28. The molecule has 0 fully saturated rings. The molecule has 0 radical (unpaired) electrons. The number of carbonyl (C=O) groups is 1. The van der Waals surface area contributed by atoms with E-state index in [1.807, 2.05) is 13.0 Å². The summed E-state index contributed by atoms with van der Waals surface area (Å²) in [5, 5.41) is 12.2. The summed E-state index contributed by atoms with van der Waals surface area (Å²) in [4.78, 5) is 12.6. The highest BCUT2D eigenvalue weighted by Crippen LogP contribution is 2.38. The largest absolute Gasteiger partial charge is 0.493 e. The van der Waals surface area contributed by atoms with E-state index in [-0.39, 0.29) is 5.57 Å². The van der Waals surface area contributed by atoms with Crippen LogP contribution in [0.3, 0.4) is 0 Å². The number of hydrogen-bond acceptors (Lipinski definition) is 6. The van der Waals surface area contributed by atoms with E-state index in [0.717, 1.165) is 0 Å². The van der Waals surface area contributed by atoms with Gasteiger partial charge in [0.05, 0.1) is 33.6 Å². The summed E-state index contributed by atoms with van der Waals surface area (Å²) in [6.07, 6.45) is 1.45. The molecule has 0 aliphatic rings. The smallest absolute Gasteiger partial charge is 0.266 e. The number of para-hydroxylation sites is 2. The lowest BCUT2D eigenvalue weighted by Crippen LogP contribution is -2.14. The van der Waals surface area contributed by atoms with Gasteiger partial charge in [0, 0.05) is 0 Å². The van der Waals surface area contributed by atoms with Crippen LogP contribution in [0.25, 0.3) is 6.08 Å². The normalized spacial score (nSPS) is 10.6. The number of nitriles is 1. The average molecular weight is 382 g/mol. The number of carbonyl (C=O) groups excluding carboxylic acids is 1. The molecule has 1 N–H and O–H groups in total. The van der Waals surface area contributed by atoms with Crippen LogP contribution in [-0.2, 0) is 4.79 Å². The minimum atomic E-state index is -0.552. The van der Waals surface area contributed by atoms with Gasteiger partial charge in [-0.3, -0.25) is 4.79 Å². The van der Waals surface area contributed by atoms with Crippen LogP contribution in [0.15, 0.2) is 42.0 Å². The summed E-state index contributed by atoms with van der Waals surface area (Å²) in [6.45, 7) is 2.31. The maximum Gasteiger partial charge on any atom is 0.266 e. The summed E-state index contributed by atoms with van der Waals surface area (Å²) in [7, 11) is 4.49. The Hall–Kier alpha value is -3.66. The van der Waals surface area contributed by atoms with Gasteiger partial charge in [-0.2, -0.15) is 5.26 Å². The molecule has 0 spiro atoms.